The van der Waals surface area contributed by atoms with E-state index < -0.39 is 0 Å². The normalized spacial score (nSPS) is 11.4. The third kappa shape index (κ3) is 2.52. The second-order valence-corrected chi connectivity index (χ2v) is 5.88. The Morgan fingerprint density at radius 1 is 0.944 bits per heavy atom. The highest BCUT2D eigenvalue weighted by Gasteiger charge is 1.99. The van der Waals surface area contributed by atoms with Gasteiger partial charge in [-0.05, 0) is 35.9 Å². The lowest BCUT2D eigenvalue weighted by atomic mass is 10.2. The highest BCUT2D eigenvalue weighted by atomic mass is 79.9. The molecule has 0 amide bonds. The van der Waals surface area contributed by atoms with Crippen LogP contribution in [-0.4, -0.2) is 4.98 Å². The maximum Gasteiger partial charge on any atom is 0.117 e. The summed E-state index contributed by atoms with van der Waals surface area (Å²) in [6.07, 6.45) is 4.15. The van der Waals surface area contributed by atoms with E-state index in [0.29, 0.717) is 0 Å². The average molecular weight is 316 g/mol. The molecule has 0 saturated carbocycles. The molecule has 0 spiro atoms. The van der Waals surface area contributed by atoms with Crippen LogP contribution in [0.1, 0.15) is 10.6 Å². The lowest BCUT2D eigenvalue weighted by molar-refractivity contribution is 1.46. The minimum absolute atomic E-state index is 1.04. The summed E-state index contributed by atoms with van der Waals surface area (Å²) in [5.74, 6) is 0. The highest BCUT2D eigenvalue weighted by Crippen LogP contribution is 2.23. The molecule has 18 heavy (non-hydrogen) atoms. The van der Waals surface area contributed by atoms with Crippen molar-refractivity contribution < 1.29 is 0 Å². The lowest BCUT2D eigenvalue weighted by Crippen LogP contribution is -1.71. The predicted octanol–water partition coefficient (Wildman–Crippen LogP) is 5.23. The van der Waals surface area contributed by atoms with Crippen molar-refractivity contribution >= 4 is 49.6 Å². The van der Waals surface area contributed by atoms with Gasteiger partial charge >= 0.3 is 0 Å². The van der Waals surface area contributed by atoms with Gasteiger partial charge in [0.05, 0.1) is 10.2 Å². The van der Waals surface area contributed by atoms with E-state index in [2.05, 4.69) is 51.3 Å². The van der Waals surface area contributed by atoms with Gasteiger partial charge in [-0.1, -0.05) is 46.3 Å². The van der Waals surface area contributed by atoms with Gasteiger partial charge in [-0.15, -0.1) is 11.3 Å². The van der Waals surface area contributed by atoms with Gasteiger partial charge in [0, 0.05) is 4.47 Å². The number of benzene rings is 2. The summed E-state index contributed by atoms with van der Waals surface area (Å²) in [4.78, 5) is 4.57. The number of hydrogen-bond donors (Lipinski definition) is 0. The second-order valence-electron chi connectivity index (χ2n) is 3.90. The monoisotopic (exact) mass is 315 g/mol. The largest absolute Gasteiger partial charge is 0.237 e. The molecule has 0 unspecified atom stereocenters. The van der Waals surface area contributed by atoms with Gasteiger partial charge in [-0.2, -0.15) is 0 Å². The zero-order valence-corrected chi connectivity index (χ0v) is 11.9. The van der Waals surface area contributed by atoms with Crippen molar-refractivity contribution in [1.29, 1.82) is 0 Å². The van der Waals surface area contributed by atoms with Crippen molar-refractivity contribution in [2.45, 2.75) is 0 Å². The van der Waals surface area contributed by atoms with Crippen LogP contribution in [0.5, 0.6) is 0 Å². The van der Waals surface area contributed by atoms with Crippen molar-refractivity contribution in [3.05, 3.63) is 63.6 Å². The first kappa shape index (κ1) is 11.6. The van der Waals surface area contributed by atoms with Gasteiger partial charge in [0.2, 0.25) is 0 Å². The van der Waals surface area contributed by atoms with E-state index in [1.807, 2.05) is 30.3 Å². The Morgan fingerprint density at radius 3 is 2.50 bits per heavy atom. The summed E-state index contributed by atoms with van der Waals surface area (Å²) in [5, 5.41) is 1.04. The molecule has 0 aliphatic rings. The number of rotatable bonds is 2. The summed E-state index contributed by atoms with van der Waals surface area (Å²) in [5.41, 5.74) is 2.25. The minimum atomic E-state index is 1.04. The Morgan fingerprint density at radius 2 is 1.72 bits per heavy atom. The molecule has 1 aromatic heterocycles. The fourth-order valence-electron chi connectivity index (χ4n) is 1.70. The smallest absolute Gasteiger partial charge is 0.117 e. The second kappa shape index (κ2) is 5.04. The van der Waals surface area contributed by atoms with E-state index in [4.69, 9.17) is 0 Å². The molecule has 0 aliphatic carbocycles. The Balaban J connectivity index is 1.89. The van der Waals surface area contributed by atoms with E-state index in [0.717, 1.165) is 15.0 Å². The molecule has 0 fully saturated rings. The summed E-state index contributed by atoms with van der Waals surface area (Å²) < 4.78 is 2.33. The first-order valence-corrected chi connectivity index (χ1v) is 7.21. The van der Waals surface area contributed by atoms with Crippen molar-refractivity contribution in [2.75, 3.05) is 0 Å². The van der Waals surface area contributed by atoms with Crippen LogP contribution in [0.2, 0.25) is 0 Å². The van der Waals surface area contributed by atoms with Gasteiger partial charge in [-0.3, -0.25) is 0 Å². The third-order valence-electron chi connectivity index (χ3n) is 2.60. The molecule has 0 N–H and O–H groups in total. The molecule has 1 heterocycles. The molecule has 0 saturated heterocycles. The number of thiazole rings is 1. The van der Waals surface area contributed by atoms with Crippen LogP contribution in [-0.2, 0) is 0 Å². The van der Waals surface area contributed by atoms with Crippen LogP contribution in [0.3, 0.4) is 0 Å². The Kier molecular flexibility index (Phi) is 3.26. The van der Waals surface area contributed by atoms with Crippen LogP contribution in [0, 0.1) is 0 Å². The summed E-state index contributed by atoms with van der Waals surface area (Å²) in [7, 11) is 0. The maximum atomic E-state index is 4.57. The molecule has 88 valence electrons. The Labute approximate surface area is 118 Å². The molecular formula is C15H10BrNS. The maximum absolute atomic E-state index is 4.57. The number of aromatic nitrogens is 1. The zero-order valence-electron chi connectivity index (χ0n) is 9.51. The third-order valence-corrected chi connectivity index (χ3v) is 4.13. The number of para-hydroxylation sites is 1. The summed E-state index contributed by atoms with van der Waals surface area (Å²) in [6.45, 7) is 0. The van der Waals surface area contributed by atoms with E-state index >= 15 is 0 Å². The molecule has 3 rings (SSSR count). The number of halogens is 1. The molecule has 1 nitrogen and oxygen atoms in total. The van der Waals surface area contributed by atoms with Crippen molar-refractivity contribution in [3.8, 4) is 0 Å². The quantitative estimate of drug-likeness (QED) is 0.631. The average Bonchev–Trinajstić information content (AvgIpc) is 2.81. The van der Waals surface area contributed by atoms with Gasteiger partial charge in [0.25, 0.3) is 0 Å². The van der Waals surface area contributed by atoms with Crippen LogP contribution in [0.4, 0.5) is 0 Å². The minimum Gasteiger partial charge on any atom is -0.237 e. The topological polar surface area (TPSA) is 12.9 Å². The standard InChI is InChI=1S/C15H10BrNS/c16-12-8-5-11(6-9-12)7-10-15-17-13-3-1-2-4-14(13)18-15/h1-10H. The van der Waals surface area contributed by atoms with Crippen molar-refractivity contribution in [3.63, 3.8) is 0 Å². The van der Waals surface area contributed by atoms with Crippen LogP contribution in [0.15, 0.2) is 53.0 Å². The lowest BCUT2D eigenvalue weighted by Gasteiger charge is -1.92. The van der Waals surface area contributed by atoms with Crippen LogP contribution < -0.4 is 0 Å². The molecule has 0 atom stereocenters. The first-order valence-electron chi connectivity index (χ1n) is 5.60. The zero-order chi connectivity index (χ0) is 12.4. The summed E-state index contributed by atoms with van der Waals surface area (Å²) in [6, 6.07) is 16.4. The van der Waals surface area contributed by atoms with Gasteiger partial charge < -0.3 is 0 Å². The molecule has 0 aliphatic heterocycles. The molecule has 2 aromatic carbocycles. The van der Waals surface area contributed by atoms with Crippen LogP contribution >= 0.6 is 27.3 Å². The summed E-state index contributed by atoms with van der Waals surface area (Å²) >= 11 is 5.14. The van der Waals surface area contributed by atoms with E-state index in [1.54, 1.807) is 11.3 Å². The Bertz CT molecular complexity index is 665. The van der Waals surface area contributed by atoms with Gasteiger partial charge in [-0.25, -0.2) is 4.98 Å². The number of nitrogens with zero attached hydrogens (tertiary/aromatic N) is 1. The molecule has 3 aromatic rings. The van der Waals surface area contributed by atoms with Crippen molar-refractivity contribution in [1.82, 2.24) is 4.98 Å². The van der Waals surface area contributed by atoms with Crippen LogP contribution in [0.25, 0.3) is 22.4 Å². The van der Waals surface area contributed by atoms with Crippen molar-refractivity contribution in [2.24, 2.45) is 0 Å². The van der Waals surface area contributed by atoms with E-state index in [-0.39, 0.29) is 0 Å². The number of hydrogen-bond acceptors (Lipinski definition) is 2. The highest BCUT2D eigenvalue weighted by molar-refractivity contribution is 9.10. The van der Waals surface area contributed by atoms with Gasteiger partial charge in [0.1, 0.15) is 5.01 Å². The molecule has 0 radical (unpaired) electrons. The molecule has 0 bridgehead atoms. The van der Waals surface area contributed by atoms with E-state index in [9.17, 15) is 0 Å². The SMILES string of the molecule is Brc1ccc(C=Cc2nc3ccccc3s2)cc1. The fourth-order valence-corrected chi connectivity index (χ4v) is 2.84. The molecule has 3 heteroatoms. The fraction of sp³-hybridized carbons (Fsp3) is 0. The van der Waals surface area contributed by atoms with Gasteiger partial charge in [0.15, 0.2) is 0 Å². The first-order chi connectivity index (χ1) is 8.81. The molecular weight excluding hydrogens is 306 g/mol. The van der Waals surface area contributed by atoms with E-state index in [1.165, 1.54) is 10.3 Å². The Hall–Kier alpha value is -1.45. The number of fused-ring (bicyclic) bond motifs is 1. The predicted molar refractivity (Wildman–Crippen MR) is 82.7 cm³/mol.